The van der Waals surface area contributed by atoms with E-state index in [1.54, 1.807) is 26.2 Å². The van der Waals surface area contributed by atoms with E-state index in [-0.39, 0.29) is 5.56 Å². The molecule has 0 aliphatic carbocycles. The Hall–Kier alpha value is -2.55. The van der Waals surface area contributed by atoms with Gasteiger partial charge in [0.1, 0.15) is 11.3 Å². The second-order valence-electron chi connectivity index (χ2n) is 5.73. The van der Waals surface area contributed by atoms with Crippen LogP contribution in [0, 0.1) is 11.6 Å². The number of hydrogen-bond acceptors (Lipinski definition) is 5. The maximum atomic E-state index is 14.0. The Labute approximate surface area is 140 Å². The van der Waals surface area contributed by atoms with Crippen molar-refractivity contribution in [1.82, 2.24) is 4.98 Å². The lowest BCUT2D eigenvalue weighted by atomic mass is 9.88. The number of carbonyl (C=O) groups is 2. The minimum absolute atomic E-state index is 0.241. The molecule has 24 heavy (non-hydrogen) atoms. The summed E-state index contributed by atoms with van der Waals surface area (Å²) in [6.45, 7) is 4.85. The maximum absolute atomic E-state index is 14.0. The van der Waals surface area contributed by atoms with Crippen molar-refractivity contribution in [3.8, 4) is 0 Å². The lowest BCUT2D eigenvalue weighted by Gasteiger charge is -2.20. The Morgan fingerprint density at radius 3 is 2.29 bits per heavy atom. The molecule has 0 saturated carbocycles. The lowest BCUT2D eigenvalue weighted by molar-refractivity contribution is 0.0634. The summed E-state index contributed by atoms with van der Waals surface area (Å²) in [5.41, 5.74) is -1.74. The largest absolute Gasteiger partial charge is 0.444 e. The quantitative estimate of drug-likeness (QED) is 0.872. The molecule has 0 bridgehead atoms. The van der Waals surface area contributed by atoms with Crippen LogP contribution in [0.5, 0.6) is 0 Å². The van der Waals surface area contributed by atoms with Gasteiger partial charge in [-0.15, -0.1) is 11.3 Å². The van der Waals surface area contributed by atoms with Gasteiger partial charge in [-0.2, -0.15) is 0 Å². The van der Waals surface area contributed by atoms with Gasteiger partial charge in [-0.25, -0.2) is 18.6 Å². The van der Waals surface area contributed by atoms with Crippen LogP contribution in [0.2, 0.25) is 0 Å². The normalized spacial score (nSPS) is 11.0. The third-order valence-electron chi connectivity index (χ3n) is 2.58. The second kappa shape index (κ2) is 6.91. The topological polar surface area (TPSA) is 80.3 Å². The molecule has 6 nitrogen and oxygen atoms in total. The van der Waals surface area contributed by atoms with Crippen LogP contribution in [0.4, 0.5) is 24.4 Å². The van der Waals surface area contributed by atoms with Crippen LogP contribution in [-0.2, 0) is 4.74 Å². The molecular weight excluding hydrogens is 339 g/mol. The van der Waals surface area contributed by atoms with Gasteiger partial charge in [0.15, 0.2) is 16.8 Å². The summed E-state index contributed by atoms with van der Waals surface area (Å²) in [6, 6.07) is 1.64. The summed E-state index contributed by atoms with van der Waals surface area (Å²) < 4.78 is 33.0. The Kier molecular flexibility index (Phi) is 5.13. The molecule has 0 fully saturated rings. The fraction of sp³-hybridized carbons (Fsp3) is 0.267. The van der Waals surface area contributed by atoms with Crippen LogP contribution >= 0.6 is 11.3 Å². The first-order valence-corrected chi connectivity index (χ1v) is 7.73. The van der Waals surface area contributed by atoms with Crippen molar-refractivity contribution >= 4 is 34.2 Å². The highest BCUT2D eigenvalue weighted by atomic mass is 32.1. The smallest absolute Gasteiger partial charge is 0.412 e. The number of nitrogens with zero attached hydrogens (tertiary/aromatic N) is 1. The van der Waals surface area contributed by atoms with Crippen molar-refractivity contribution < 1.29 is 23.1 Å². The van der Waals surface area contributed by atoms with Crippen molar-refractivity contribution in [3.05, 3.63) is 40.9 Å². The number of benzene rings is 1. The summed E-state index contributed by atoms with van der Waals surface area (Å²) in [6.07, 6.45) is 0.482. The highest BCUT2D eigenvalue weighted by molar-refractivity contribution is 7.13. The van der Waals surface area contributed by atoms with Gasteiger partial charge in [0.2, 0.25) is 0 Å². The number of halogens is 2. The van der Waals surface area contributed by atoms with Gasteiger partial charge in [0.25, 0.3) is 5.91 Å². The van der Waals surface area contributed by atoms with E-state index < -0.39 is 34.9 Å². The Bertz CT molecular complexity index is 735. The molecule has 128 valence electrons. The van der Waals surface area contributed by atoms with E-state index in [1.807, 2.05) is 5.32 Å². The molecule has 2 rings (SSSR count). The van der Waals surface area contributed by atoms with Gasteiger partial charge < -0.3 is 4.74 Å². The standard InChI is InChI=1S/C15H15F2N3O3S/c1-15(2,3)23-14(22)19-11-9(16)6-8(7-10(11)17)12(21)20-13-18-4-5-24-13/h4-7H,1-3H3,(H,19,22)(H,18,20,21)/i12-1. The molecule has 9 heteroatoms. The van der Waals surface area contributed by atoms with Crippen molar-refractivity contribution in [3.63, 3.8) is 0 Å². The fourth-order valence-electron chi connectivity index (χ4n) is 1.68. The first-order valence-electron chi connectivity index (χ1n) is 6.85. The predicted octanol–water partition coefficient (Wildman–Crippen LogP) is 4.02. The average molecular weight is 354 g/mol. The molecule has 0 spiro atoms. The molecule has 2 amide bonds. The van der Waals surface area contributed by atoms with Crippen LogP contribution in [-0.4, -0.2) is 22.6 Å². The number of hydrogen-bond donors (Lipinski definition) is 2. The van der Waals surface area contributed by atoms with E-state index in [0.717, 1.165) is 12.1 Å². The summed E-state index contributed by atoms with van der Waals surface area (Å²) in [5, 5.41) is 6.35. The molecule has 0 aliphatic heterocycles. The number of thiazole rings is 1. The molecule has 0 unspecified atom stereocenters. The van der Waals surface area contributed by atoms with E-state index in [4.69, 9.17) is 4.74 Å². The predicted molar refractivity (Wildman–Crippen MR) is 86.3 cm³/mol. The Balaban J connectivity index is 2.16. The minimum atomic E-state index is -1.09. The zero-order valence-corrected chi connectivity index (χ0v) is 14.0. The first-order chi connectivity index (χ1) is 11.2. The minimum Gasteiger partial charge on any atom is -0.444 e. The number of aromatic nitrogens is 1. The third kappa shape index (κ3) is 4.72. The third-order valence-corrected chi connectivity index (χ3v) is 3.27. The number of carbonyl (C=O) groups excluding carboxylic acids is 2. The summed E-state index contributed by atoms with van der Waals surface area (Å²) in [5.74, 6) is -2.90. The van der Waals surface area contributed by atoms with Crippen LogP contribution < -0.4 is 10.6 Å². The monoisotopic (exact) mass is 354 g/mol. The van der Waals surface area contributed by atoms with E-state index in [1.165, 1.54) is 17.5 Å². The van der Waals surface area contributed by atoms with Crippen LogP contribution in [0.3, 0.4) is 0 Å². The Morgan fingerprint density at radius 1 is 1.17 bits per heavy atom. The first kappa shape index (κ1) is 17.8. The molecule has 0 aliphatic rings. The molecule has 2 N–H and O–H groups in total. The molecule has 1 heterocycles. The average Bonchev–Trinajstić information content (AvgIpc) is 2.93. The van der Waals surface area contributed by atoms with E-state index in [9.17, 15) is 18.4 Å². The molecule has 0 saturated heterocycles. The highest BCUT2D eigenvalue weighted by Crippen LogP contribution is 2.23. The van der Waals surface area contributed by atoms with Crippen LogP contribution in [0.25, 0.3) is 0 Å². The molecule has 1 aromatic heterocycles. The van der Waals surface area contributed by atoms with Gasteiger partial charge in [-0.3, -0.25) is 15.4 Å². The number of amides is 2. The van der Waals surface area contributed by atoms with Gasteiger partial charge in [-0.05, 0) is 32.9 Å². The SMILES string of the molecule is CC(C)(C)OC(=O)Nc1c(F)cc([11C](=O)Nc2nccs2)cc1F. The molecule has 1 aromatic carbocycles. The van der Waals surface area contributed by atoms with Gasteiger partial charge in [0.05, 0.1) is 0 Å². The van der Waals surface area contributed by atoms with E-state index in [2.05, 4.69) is 10.3 Å². The van der Waals surface area contributed by atoms with E-state index in [0.29, 0.717) is 5.13 Å². The number of ether oxygens (including phenoxy) is 1. The van der Waals surface area contributed by atoms with Crippen LogP contribution in [0.1, 0.15) is 31.1 Å². The zero-order valence-electron chi connectivity index (χ0n) is 13.1. The van der Waals surface area contributed by atoms with Crippen molar-refractivity contribution in [1.29, 1.82) is 0 Å². The van der Waals surface area contributed by atoms with E-state index >= 15 is 0 Å². The van der Waals surface area contributed by atoms with Crippen molar-refractivity contribution in [2.45, 2.75) is 26.4 Å². The number of rotatable bonds is 3. The molecular formula is C15H15F2N3O3S. The number of anilines is 2. The van der Waals surface area contributed by atoms with Crippen LogP contribution in [0.15, 0.2) is 23.7 Å². The number of nitrogens with one attached hydrogen (secondary N) is 2. The van der Waals surface area contributed by atoms with Gasteiger partial charge in [-0.1, -0.05) is 0 Å². The summed E-state index contributed by atoms with van der Waals surface area (Å²) >= 11 is 1.17. The molecule has 0 radical (unpaired) electrons. The van der Waals surface area contributed by atoms with Gasteiger partial charge >= 0.3 is 6.09 Å². The maximum Gasteiger partial charge on any atom is 0.412 e. The second-order valence-corrected chi connectivity index (χ2v) is 6.63. The molecule has 2 aromatic rings. The zero-order chi connectivity index (χ0) is 17.9. The fourth-order valence-corrected chi connectivity index (χ4v) is 2.21. The van der Waals surface area contributed by atoms with Crippen molar-refractivity contribution in [2.75, 3.05) is 10.6 Å². The highest BCUT2D eigenvalue weighted by Gasteiger charge is 2.21. The van der Waals surface area contributed by atoms with Gasteiger partial charge in [0, 0.05) is 17.1 Å². The molecule has 0 atom stereocenters. The summed E-state index contributed by atoms with van der Waals surface area (Å²) in [4.78, 5) is 27.4. The summed E-state index contributed by atoms with van der Waals surface area (Å²) in [7, 11) is 0. The lowest BCUT2D eigenvalue weighted by Crippen LogP contribution is -2.28. The Morgan fingerprint density at radius 2 is 1.79 bits per heavy atom. The van der Waals surface area contributed by atoms with Crippen molar-refractivity contribution in [2.24, 2.45) is 0 Å².